The van der Waals surface area contributed by atoms with E-state index in [1.54, 1.807) is 0 Å². The highest BCUT2D eigenvalue weighted by Gasteiger charge is 2.23. The van der Waals surface area contributed by atoms with Crippen LogP contribution in [0.5, 0.6) is 0 Å². The minimum atomic E-state index is 0.795. The van der Waals surface area contributed by atoms with Crippen molar-refractivity contribution >= 4 is 0 Å². The number of rotatable bonds is 3. The Balaban J connectivity index is 1.79. The fourth-order valence-corrected chi connectivity index (χ4v) is 3.66. The summed E-state index contributed by atoms with van der Waals surface area (Å²) in [7, 11) is 0. The quantitative estimate of drug-likeness (QED) is 0.842. The zero-order valence-corrected chi connectivity index (χ0v) is 13.2. The van der Waals surface area contributed by atoms with E-state index in [1.807, 2.05) is 0 Å². The zero-order chi connectivity index (χ0) is 13.7. The molecule has 0 bridgehead atoms. The number of hydrogen-bond donors (Lipinski definition) is 1. The maximum absolute atomic E-state index is 3.59. The topological polar surface area (TPSA) is 18.5 Å². The Labute approximate surface area is 119 Å². The van der Waals surface area contributed by atoms with Crippen molar-refractivity contribution in [1.29, 1.82) is 0 Å². The van der Waals surface area contributed by atoms with Crippen LogP contribution in [0.15, 0.2) is 0 Å². The predicted molar refractivity (Wildman–Crippen MR) is 82.5 cm³/mol. The number of piperidine rings is 1. The van der Waals surface area contributed by atoms with Crippen molar-refractivity contribution in [2.45, 2.75) is 33.6 Å². The van der Waals surface area contributed by atoms with Crippen molar-refractivity contribution in [2.24, 2.45) is 17.8 Å². The number of nitrogens with zero attached hydrogens (tertiary/aromatic N) is 2. The van der Waals surface area contributed by atoms with E-state index in [1.165, 1.54) is 65.2 Å². The van der Waals surface area contributed by atoms with Crippen molar-refractivity contribution in [2.75, 3.05) is 52.4 Å². The van der Waals surface area contributed by atoms with E-state index in [2.05, 4.69) is 35.9 Å². The number of nitrogens with one attached hydrogen (secondary N) is 1. The van der Waals surface area contributed by atoms with Gasteiger partial charge in [0.2, 0.25) is 0 Å². The van der Waals surface area contributed by atoms with Gasteiger partial charge in [-0.2, -0.15) is 0 Å². The third-order valence-corrected chi connectivity index (χ3v) is 4.80. The zero-order valence-electron chi connectivity index (χ0n) is 13.2. The van der Waals surface area contributed by atoms with E-state index < -0.39 is 0 Å². The van der Waals surface area contributed by atoms with Gasteiger partial charge in [0, 0.05) is 19.6 Å². The molecule has 112 valence electrons. The molecule has 3 nitrogen and oxygen atoms in total. The second-order valence-electron chi connectivity index (χ2n) is 6.96. The van der Waals surface area contributed by atoms with Crippen molar-refractivity contribution in [3.8, 4) is 0 Å². The van der Waals surface area contributed by atoms with Gasteiger partial charge < -0.3 is 15.1 Å². The van der Waals surface area contributed by atoms with Crippen LogP contribution >= 0.6 is 0 Å². The van der Waals surface area contributed by atoms with Gasteiger partial charge in [0.05, 0.1) is 0 Å². The van der Waals surface area contributed by atoms with Crippen molar-refractivity contribution in [1.82, 2.24) is 15.1 Å². The lowest BCUT2D eigenvalue weighted by atomic mass is 9.95. The molecule has 2 rings (SSSR count). The molecule has 2 fully saturated rings. The molecule has 0 aromatic carbocycles. The van der Waals surface area contributed by atoms with Crippen LogP contribution in [0.1, 0.15) is 33.6 Å². The maximum atomic E-state index is 3.59. The van der Waals surface area contributed by atoms with Crippen LogP contribution in [-0.4, -0.2) is 62.2 Å². The standard InChI is InChI=1S/C16H33N3/c1-4-18-7-5-16(6-8-18)13-19-11-14(2)9-17-10-15(3)12-19/h14-17H,4-13H2,1-3H3. The van der Waals surface area contributed by atoms with Gasteiger partial charge in [0.1, 0.15) is 0 Å². The van der Waals surface area contributed by atoms with E-state index in [9.17, 15) is 0 Å². The average molecular weight is 267 g/mol. The summed E-state index contributed by atoms with van der Waals surface area (Å²) in [5.74, 6) is 2.53. The largest absolute Gasteiger partial charge is 0.316 e. The second-order valence-corrected chi connectivity index (χ2v) is 6.96. The van der Waals surface area contributed by atoms with Gasteiger partial charge in [-0.05, 0) is 63.3 Å². The summed E-state index contributed by atoms with van der Waals surface area (Å²) in [6, 6.07) is 0. The first-order chi connectivity index (χ1) is 9.17. The van der Waals surface area contributed by atoms with Crippen LogP contribution in [0, 0.1) is 17.8 Å². The molecule has 2 heterocycles. The average Bonchev–Trinajstić information content (AvgIpc) is 2.37. The van der Waals surface area contributed by atoms with Gasteiger partial charge in [-0.15, -0.1) is 0 Å². The van der Waals surface area contributed by atoms with E-state index >= 15 is 0 Å². The van der Waals surface area contributed by atoms with E-state index in [-0.39, 0.29) is 0 Å². The molecule has 0 amide bonds. The molecule has 0 aromatic rings. The van der Waals surface area contributed by atoms with Crippen LogP contribution in [0.25, 0.3) is 0 Å². The molecule has 0 saturated carbocycles. The molecule has 2 atom stereocenters. The Hall–Kier alpha value is -0.120. The highest BCUT2D eigenvalue weighted by molar-refractivity contribution is 4.78. The van der Waals surface area contributed by atoms with Crippen molar-refractivity contribution in [3.63, 3.8) is 0 Å². The molecular formula is C16H33N3. The Morgan fingerprint density at radius 1 is 0.947 bits per heavy atom. The number of likely N-dealkylation sites (tertiary alicyclic amines) is 1. The molecule has 19 heavy (non-hydrogen) atoms. The summed E-state index contributed by atoms with van der Waals surface area (Å²) in [6.45, 7) is 17.2. The van der Waals surface area contributed by atoms with Crippen molar-refractivity contribution < 1.29 is 0 Å². The van der Waals surface area contributed by atoms with Gasteiger partial charge in [-0.3, -0.25) is 0 Å². The lowest BCUT2D eigenvalue weighted by Crippen LogP contribution is -2.45. The van der Waals surface area contributed by atoms with Gasteiger partial charge in [-0.1, -0.05) is 20.8 Å². The van der Waals surface area contributed by atoms with Crippen molar-refractivity contribution in [3.05, 3.63) is 0 Å². The summed E-state index contributed by atoms with van der Waals surface area (Å²) in [4.78, 5) is 5.35. The SMILES string of the molecule is CCN1CCC(CN2CC(C)CNCC(C)C2)CC1. The van der Waals surface area contributed by atoms with Crippen LogP contribution in [0.2, 0.25) is 0 Å². The molecule has 2 saturated heterocycles. The fraction of sp³-hybridized carbons (Fsp3) is 1.00. The van der Waals surface area contributed by atoms with Gasteiger partial charge >= 0.3 is 0 Å². The lowest BCUT2D eigenvalue weighted by molar-refractivity contribution is 0.120. The third kappa shape index (κ3) is 5.05. The first-order valence-corrected chi connectivity index (χ1v) is 8.32. The summed E-state index contributed by atoms with van der Waals surface area (Å²) < 4.78 is 0. The highest BCUT2D eigenvalue weighted by atomic mass is 15.2. The highest BCUT2D eigenvalue weighted by Crippen LogP contribution is 2.19. The lowest BCUT2D eigenvalue weighted by Gasteiger charge is -2.37. The second kappa shape index (κ2) is 7.61. The Bertz CT molecular complexity index is 236. The van der Waals surface area contributed by atoms with Gasteiger partial charge in [0.15, 0.2) is 0 Å². The maximum Gasteiger partial charge on any atom is 0.00194 e. The first-order valence-electron chi connectivity index (χ1n) is 8.32. The molecule has 0 aromatic heterocycles. The van der Waals surface area contributed by atoms with Crippen LogP contribution in [0.3, 0.4) is 0 Å². The summed E-state index contributed by atoms with van der Waals surface area (Å²) in [5, 5.41) is 3.59. The summed E-state index contributed by atoms with van der Waals surface area (Å²) in [5.41, 5.74) is 0. The Morgan fingerprint density at radius 3 is 2.05 bits per heavy atom. The van der Waals surface area contributed by atoms with Gasteiger partial charge in [0.25, 0.3) is 0 Å². The van der Waals surface area contributed by atoms with Crippen LogP contribution in [-0.2, 0) is 0 Å². The minimum Gasteiger partial charge on any atom is -0.316 e. The van der Waals surface area contributed by atoms with E-state index in [0.717, 1.165) is 17.8 Å². The molecular weight excluding hydrogens is 234 g/mol. The van der Waals surface area contributed by atoms with Crippen LogP contribution < -0.4 is 5.32 Å². The summed E-state index contributed by atoms with van der Waals surface area (Å²) >= 11 is 0. The monoisotopic (exact) mass is 267 g/mol. The smallest absolute Gasteiger partial charge is 0.00194 e. The molecule has 3 heteroatoms. The van der Waals surface area contributed by atoms with E-state index in [4.69, 9.17) is 0 Å². The molecule has 0 aliphatic carbocycles. The van der Waals surface area contributed by atoms with E-state index in [0.29, 0.717) is 0 Å². The molecule has 0 radical (unpaired) electrons. The predicted octanol–water partition coefficient (Wildman–Crippen LogP) is 1.90. The fourth-order valence-electron chi connectivity index (χ4n) is 3.66. The normalized spacial score (nSPS) is 33.0. The third-order valence-electron chi connectivity index (χ3n) is 4.80. The van der Waals surface area contributed by atoms with Gasteiger partial charge in [-0.25, -0.2) is 0 Å². The molecule has 2 aliphatic heterocycles. The summed E-state index contributed by atoms with van der Waals surface area (Å²) in [6.07, 6.45) is 2.82. The molecule has 1 N–H and O–H groups in total. The Kier molecular flexibility index (Phi) is 6.11. The Morgan fingerprint density at radius 2 is 1.53 bits per heavy atom. The first kappa shape index (κ1) is 15.3. The van der Waals surface area contributed by atoms with Crippen LogP contribution in [0.4, 0.5) is 0 Å². The number of hydrogen-bond acceptors (Lipinski definition) is 3. The molecule has 2 unspecified atom stereocenters. The molecule has 2 aliphatic rings. The molecule has 0 spiro atoms. The minimum absolute atomic E-state index is 0.795.